The minimum atomic E-state index is -3.55. The Balaban J connectivity index is 1.76. The first kappa shape index (κ1) is 17.6. The van der Waals surface area contributed by atoms with Crippen LogP contribution in [0.2, 0.25) is 0 Å². The number of rotatable bonds is 5. The second-order valence-corrected chi connectivity index (χ2v) is 7.71. The molecule has 2 aromatic rings. The Bertz CT molecular complexity index is 878. The Hall–Kier alpha value is -2.22. The second-order valence-electron chi connectivity index (χ2n) is 5.95. The number of aliphatic hydroxyl groups excluding tert-OH is 1. The highest BCUT2D eigenvalue weighted by atomic mass is 32.2. The first-order valence-corrected chi connectivity index (χ1v) is 9.57. The summed E-state index contributed by atoms with van der Waals surface area (Å²) in [6.45, 7) is 1.99. The van der Waals surface area contributed by atoms with Crippen LogP contribution in [0.4, 0.5) is 0 Å². The van der Waals surface area contributed by atoms with Gasteiger partial charge in [-0.15, -0.1) is 0 Å². The highest BCUT2D eigenvalue weighted by Gasteiger charge is 2.32. The van der Waals surface area contributed by atoms with Gasteiger partial charge in [0.1, 0.15) is 0 Å². The third kappa shape index (κ3) is 3.58. The number of aliphatic hydroxyl groups is 1. The van der Waals surface area contributed by atoms with Gasteiger partial charge in [0.2, 0.25) is 10.0 Å². The number of amides is 1. The average molecular weight is 360 g/mol. The molecule has 2 atom stereocenters. The SMILES string of the molecule is CCNS(=O)(=O)c1ccc(C(=O)NC2c3ccccc3CC2O)cc1. The predicted octanol–water partition coefficient (Wildman–Crippen LogP) is 1.37. The molecule has 0 heterocycles. The van der Waals surface area contributed by atoms with E-state index in [0.29, 0.717) is 18.5 Å². The lowest BCUT2D eigenvalue weighted by Crippen LogP contribution is -2.33. The molecule has 0 radical (unpaired) electrons. The van der Waals surface area contributed by atoms with Crippen LogP contribution < -0.4 is 10.0 Å². The first-order chi connectivity index (χ1) is 11.9. The number of hydrogen-bond donors (Lipinski definition) is 3. The minimum absolute atomic E-state index is 0.108. The summed E-state index contributed by atoms with van der Waals surface area (Å²) in [6.07, 6.45) is -0.171. The minimum Gasteiger partial charge on any atom is -0.390 e. The van der Waals surface area contributed by atoms with Crippen LogP contribution in [0.3, 0.4) is 0 Å². The van der Waals surface area contributed by atoms with E-state index in [1.165, 1.54) is 24.3 Å². The van der Waals surface area contributed by atoms with Gasteiger partial charge in [-0.25, -0.2) is 13.1 Å². The highest BCUT2D eigenvalue weighted by Crippen LogP contribution is 2.31. The highest BCUT2D eigenvalue weighted by molar-refractivity contribution is 7.89. The van der Waals surface area contributed by atoms with Crippen LogP contribution in [0, 0.1) is 0 Å². The molecule has 1 aliphatic rings. The van der Waals surface area contributed by atoms with Crippen LogP contribution in [0.1, 0.15) is 34.5 Å². The summed E-state index contributed by atoms with van der Waals surface area (Å²) in [6, 6.07) is 12.9. The lowest BCUT2D eigenvalue weighted by Gasteiger charge is -2.18. The molecular formula is C18H20N2O4S. The van der Waals surface area contributed by atoms with E-state index in [4.69, 9.17) is 0 Å². The van der Waals surface area contributed by atoms with E-state index < -0.39 is 22.2 Å². The fraction of sp³-hybridized carbons (Fsp3) is 0.278. The van der Waals surface area contributed by atoms with E-state index in [1.54, 1.807) is 6.92 Å². The monoisotopic (exact) mass is 360 g/mol. The van der Waals surface area contributed by atoms with Crippen LogP contribution >= 0.6 is 0 Å². The summed E-state index contributed by atoms with van der Waals surface area (Å²) >= 11 is 0. The summed E-state index contributed by atoms with van der Waals surface area (Å²) in [5.74, 6) is -0.354. The Kier molecular flexibility index (Phi) is 4.89. The van der Waals surface area contributed by atoms with Crippen molar-refractivity contribution in [2.45, 2.75) is 30.4 Å². The van der Waals surface area contributed by atoms with Gasteiger partial charge in [0.25, 0.3) is 5.91 Å². The van der Waals surface area contributed by atoms with E-state index in [0.717, 1.165) is 11.1 Å². The van der Waals surface area contributed by atoms with Gasteiger partial charge >= 0.3 is 0 Å². The van der Waals surface area contributed by atoms with E-state index >= 15 is 0 Å². The van der Waals surface area contributed by atoms with E-state index in [2.05, 4.69) is 10.0 Å². The first-order valence-electron chi connectivity index (χ1n) is 8.09. The zero-order valence-electron chi connectivity index (χ0n) is 13.8. The van der Waals surface area contributed by atoms with Crippen molar-refractivity contribution in [2.24, 2.45) is 0 Å². The third-order valence-corrected chi connectivity index (χ3v) is 5.81. The molecule has 1 aliphatic carbocycles. The van der Waals surface area contributed by atoms with E-state index in [1.807, 2.05) is 24.3 Å². The van der Waals surface area contributed by atoms with Gasteiger partial charge in [-0.2, -0.15) is 0 Å². The molecule has 2 aromatic carbocycles. The number of hydrogen-bond acceptors (Lipinski definition) is 4. The number of nitrogens with one attached hydrogen (secondary N) is 2. The van der Waals surface area contributed by atoms with Gasteiger partial charge in [0.15, 0.2) is 0 Å². The quantitative estimate of drug-likeness (QED) is 0.750. The van der Waals surface area contributed by atoms with Crippen molar-refractivity contribution >= 4 is 15.9 Å². The van der Waals surface area contributed by atoms with Crippen molar-refractivity contribution < 1.29 is 18.3 Å². The van der Waals surface area contributed by atoms with E-state index in [9.17, 15) is 18.3 Å². The fourth-order valence-corrected chi connectivity index (χ4v) is 4.07. The van der Waals surface area contributed by atoms with Crippen molar-refractivity contribution in [3.63, 3.8) is 0 Å². The molecule has 0 aliphatic heterocycles. The maximum atomic E-state index is 12.5. The molecule has 0 aromatic heterocycles. The normalized spacial score (nSPS) is 19.4. The number of benzene rings is 2. The number of fused-ring (bicyclic) bond motifs is 1. The average Bonchev–Trinajstić information content (AvgIpc) is 2.91. The Labute approximate surface area is 146 Å². The van der Waals surface area contributed by atoms with Crippen molar-refractivity contribution in [1.82, 2.24) is 10.0 Å². The zero-order chi connectivity index (χ0) is 18.0. The molecule has 0 bridgehead atoms. The molecule has 0 fully saturated rings. The molecule has 0 saturated carbocycles. The molecule has 1 amide bonds. The summed E-state index contributed by atoms with van der Waals surface area (Å²) in [5.41, 5.74) is 2.27. The molecule has 6 nitrogen and oxygen atoms in total. The van der Waals surface area contributed by atoms with Crippen LogP contribution in [-0.2, 0) is 16.4 Å². The van der Waals surface area contributed by atoms with Gasteiger partial charge in [0, 0.05) is 18.5 Å². The second kappa shape index (κ2) is 6.95. The number of carbonyl (C=O) groups excluding carboxylic acids is 1. The smallest absolute Gasteiger partial charge is 0.251 e. The van der Waals surface area contributed by atoms with Gasteiger partial charge in [0.05, 0.1) is 17.0 Å². The number of sulfonamides is 1. The molecular weight excluding hydrogens is 340 g/mol. The fourth-order valence-electron chi connectivity index (χ4n) is 3.03. The third-order valence-electron chi connectivity index (χ3n) is 4.25. The summed E-state index contributed by atoms with van der Waals surface area (Å²) in [7, 11) is -3.55. The summed E-state index contributed by atoms with van der Waals surface area (Å²) in [4.78, 5) is 12.6. The van der Waals surface area contributed by atoms with Crippen LogP contribution in [0.5, 0.6) is 0 Å². The zero-order valence-corrected chi connectivity index (χ0v) is 14.6. The lowest BCUT2D eigenvalue weighted by molar-refractivity contribution is 0.0858. The molecule has 0 spiro atoms. The molecule has 132 valence electrons. The van der Waals surface area contributed by atoms with Crippen molar-refractivity contribution in [1.29, 1.82) is 0 Å². The molecule has 7 heteroatoms. The topological polar surface area (TPSA) is 95.5 Å². The maximum absolute atomic E-state index is 12.5. The maximum Gasteiger partial charge on any atom is 0.251 e. The van der Waals surface area contributed by atoms with Crippen LogP contribution in [0.25, 0.3) is 0 Å². The summed E-state index contributed by atoms with van der Waals surface area (Å²) in [5, 5.41) is 13.0. The largest absolute Gasteiger partial charge is 0.390 e. The molecule has 25 heavy (non-hydrogen) atoms. The summed E-state index contributed by atoms with van der Waals surface area (Å²) < 4.78 is 26.3. The Morgan fingerprint density at radius 3 is 2.52 bits per heavy atom. The van der Waals surface area contributed by atoms with Gasteiger partial charge in [-0.1, -0.05) is 31.2 Å². The van der Waals surface area contributed by atoms with E-state index in [-0.39, 0.29) is 10.8 Å². The predicted molar refractivity (Wildman–Crippen MR) is 93.7 cm³/mol. The Morgan fingerprint density at radius 2 is 1.84 bits per heavy atom. The van der Waals surface area contributed by atoms with Gasteiger partial charge < -0.3 is 10.4 Å². The van der Waals surface area contributed by atoms with Crippen molar-refractivity contribution in [3.05, 3.63) is 65.2 Å². The lowest BCUT2D eigenvalue weighted by atomic mass is 10.1. The van der Waals surface area contributed by atoms with Gasteiger partial charge in [-0.3, -0.25) is 4.79 Å². The Morgan fingerprint density at radius 1 is 1.16 bits per heavy atom. The van der Waals surface area contributed by atoms with Crippen LogP contribution in [-0.4, -0.2) is 32.1 Å². The molecule has 0 saturated heterocycles. The molecule has 3 rings (SSSR count). The molecule has 2 unspecified atom stereocenters. The van der Waals surface area contributed by atoms with Crippen LogP contribution in [0.15, 0.2) is 53.4 Å². The van der Waals surface area contributed by atoms with Gasteiger partial charge in [-0.05, 0) is 35.4 Å². The number of carbonyl (C=O) groups is 1. The standard InChI is InChI=1S/C18H20N2O4S/c1-2-19-25(23,24)14-9-7-12(8-10-14)18(22)20-17-15-6-4-3-5-13(15)11-16(17)21/h3-10,16-17,19,21H,2,11H2,1H3,(H,20,22). The van der Waals surface area contributed by atoms with Crippen molar-refractivity contribution in [2.75, 3.05) is 6.54 Å². The molecule has 3 N–H and O–H groups in total. The van der Waals surface area contributed by atoms with Crippen molar-refractivity contribution in [3.8, 4) is 0 Å².